The van der Waals surface area contributed by atoms with E-state index in [0.717, 1.165) is 11.4 Å². The lowest BCUT2D eigenvalue weighted by Crippen LogP contribution is -2.17. The predicted molar refractivity (Wildman–Crippen MR) is 98.8 cm³/mol. The molecule has 0 atom stereocenters. The first-order valence-electron chi connectivity index (χ1n) is 7.55. The van der Waals surface area contributed by atoms with Gasteiger partial charge in [-0.15, -0.1) is 0 Å². The van der Waals surface area contributed by atoms with Crippen LogP contribution in [0.25, 0.3) is 0 Å². The van der Waals surface area contributed by atoms with Crippen molar-refractivity contribution in [1.29, 1.82) is 0 Å². The number of nitrogens with one attached hydrogen (secondary N) is 4. The van der Waals surface area contributed by atoms with Crippen LogP contribution in [0.2, 0.25) is 0 Å². The number of anilines is 2. The monoisotopic (exact) mass is 328 g/mol. The Labute approximate surface area is 142 Å². The van der Waals surface area contributed by atoms with Crippen molar-refractivity contribution in [3.05, 3.63) is 59.7 Å². The molecule has 0 aliphatic heterocycles. The van der Waals surface area contributed by atoms with Gasteiger partial charge in [0.25, 0.3) is 11.8 Å². The summed E-state index contributed by atoms with van der Waals surface area (Å²) >= 11 is 0. The third-order valence-corrected chi connectivity index (χ3v) is 3.28. The number of carbonyl (C=O) groups excluding carboxylic acids is 2. The topological polar surface area (TPSA) is 82.3 Å². The predicted octanol–water partition coefficient (Wildman–Crippen LogP) is 2.18. The van der Waals surface area contributed by atoms with Crippen LogP contribution >= 0.6 is 0 Å². The summed E-state index contributed by atoms with van der Waals surface area (Å²) < 4.78 is 0. The Kier molecular flexibility index (Phi) is 7.84. The number of amides is 2. The van der Waals surface area contributed by atoms with E-state index in [2.05, 4.69) is 21.3 Å². The van der Waals surface area contributed by atoms with E-state index >= 15 is 0 Å². The summed E-state index contributed by atoms with van der Waals surface area (Å²) in [5.41, 5.74) is 3.22. The molecule has 0 bridgehead atoms. The largest absolute Gasteiger partial charge is 0.388 e. The highest BCUT2D eigenvalue weighted by molar-refractivity contribution is 5.95. The van der Waals surface area contributed by atoms with Crippen LogP contribution in [0, 0.1) is 0 Å². The molecule has 0 unspecified atom stereocenters. The van der Waals surface area contributed by atoms with Gasteiger partial charge in [-0.05, 0) is 36.4 Å². The zero-order valence-electron chi connectivity index (χ0n) is 14.4. The number of rotatable bonds is 4. The lowest BCUT2D eigenvalue weighted by Gasteiger charge is -2.02. The highest BCUT2D eigenvalue weighted by atomic mass is 16.2. The average Bonchev–Trinajstić information content (AvgIpc) is 2.67. The summed E-state index contributed by atoms with van der Waals surface area (Å²) in [5.74, 6) is -0.126. The maximum Gasteiger partial charge on any atom is 0.251 e. The Morgan fingerprint density at radius 1 is 0.667 bits per heavy atom. The molecular weight excluding hydrogens is 304 g/mol. The van der Waals surface area contributed by atoms with Crippen LogP contribution in [0.5, 0.6) is 0 Å². The molecule has 6 nitrogen and oxygen atoms in total. The maximum atomic E-state index is 11.1. The summed E-state index contributed by atoms with van der Waals surface area (Å²) in [5, 5.41) is 11.1. The second-order valence-electron chi connectivity index (χ2n) is 4.82. The van der Waals surface area contributed by atoms with Gasteiger partial charge < -0.3 is 21.3 Å². The summed E-state index contributed by atoms with van der Waals surface area (Å²) in [6.07, 6.45) is 0. The van der Waals surface area contributed by atoms with Gasteiger partial charge in [-0.2, -0.15) is 0 Å². The molecule has 0 radical (unpaired) electrons. The number of carbonyl (C=O) groups is 2. The smallest absolute Gasteiger partial charge is 0.251 e. The van der Waals surface area contributed by atoms with Gasteiger partial charge in [0.15, 0.2) is 0 Å². The van der Waals surface area contributed by atoms with Crippen LogP contribution in [0.3, 0.4) is 0 Å². The first kappa shape index (κ1) is 19.0. The van der Waals surface area contributed by atoms with Gasteiger partial charge in [0.05, 0.1) is 0 Å². The van der Waals surface area contributed by atoms with Crippen molar-refractivity contribution < 1.29 is 9.59 Å². The quantitative estimate of drug-likeness (QED) is 0.693. The molecule has 0 fully saturated rings. The molecule has 2 aromatic rings. The van der Waals surface area contributed by atoms with Gasteiger partial charge in [-0.25, -0.2) is 0 Å². The number of hydrogen-bond donors (Lipinski definition) is 4. The minimum Gasteiger partial charge on any atom is -0.388 e. The van der Waals surface area contributed by atoms with Crippen LogP contribution in [0.15, 0.2) is 48.5 Å². The van der Waals surface area contributed by atoms with Crippen LogP contribution in [0.1, 0.15) is 20.7 Å². The molecule has 4 N–H and O–H groups in total. The highest BCUT2D eigenvalue weighted by Crippen LogP contribution is 2.09. The van der Waals surface area contributed by atoms with Gasteiger partial charge in [-0.1, -0.05) is 12.1 Å². The Balaban J connectivity index is 0.000000240. The van der Waals surface area contributed by atoms with Gasteiger partial charge in [0, 0.05) is 50.7 Å². The second-order valence-corrected chi connectivity index (χ2v) is 4.82. The molecule has 2 rings (SSSR count). The van der Waals surface area contributed by atoms with Crippen molar-refractivity contribution >= 4 is 23.2 Å². The lowest BCUT2D eigenvalue weighted by molar-refractivity contribution is 0.0955. The summed E-state index contributed by atoms with van der Waals surface area (Å²) in [6.45, 7) is 0. The van der Waals surface area contributed by atoms with E-state index < -0.39 is 0 Å². The van der Waals surface area contributed by atoms with E-state index in [-0.39, 0.29) is 11.8 Å². The lowest BCUT2D eigenvalue weighted by atomic mass is 10.2. The van der Waals surface area contributed by atoms with Crippen molar-refractivity contribution in [2.45, 2.75) is 0 Å². The molecule has 2 aromatic carbocycles. The third kappa shape index (κ3) is 5.64. The highest BCUT2D eigenvalue weighted by Gasteiger charge is 2.02. The molecule has 0 spiro atoms. The minimum absolute atomic E-state index is 0.0629. The Bertz CT molecular complexity index is 627. The average molecular weight is 328 g/mol. The van der Waals surface area contributed by atoms with E-state index in [1.807, 2.05) is 38.4 Å². The van der Waals surface area contributed by atoms with Crippen molar-refractivity contribution in [2.24, 2.45) is 0 Å². The van der Waals surface area contributed by atoms with Crippen LogP contribution in [0.4, 0.5) is 11.4 Å². The van der Waals surface area contributed by atoms with Gasteiger partial charge in [0.1, 0.15) is 0 Å². The Hall–Kier alpha value is -3.02. The fourth-order valence-electron chi connectivity index (χ4n) is 1.92. The van der Waals surface area contributed by atoms with Crippen molar-refractivity contribution in [1.82, 2.24) is 10.6 Å². The zero-order chi connectivity index (χ0) is 17.9. The molecule has 0 aromatic heterocycles. The first-order chi connectivity index (χ1) is 11.5. The SMILES string of the molecule is CNC(=O)c1cccc(NC)c1.CNC(=O)c1cccc(NC)c1. The molecule has 0 saturated carbocycles. The standard InChI is InChI=1S/2C9H12N2O/c2*1-10-8-5-3-4-7(6-8)9(12)11-2/h2*3-6,10H,1-2H3,(H,11,12). The number of hydrogen-bond acceptors (Lipinski definition) is 4. The summed E-state index contributed by atoms with van der Waals surface area (Å²) in [4.78, 5) is 22.3. The molecule has 0 saturated heterocycles. The van der Waals surface area contributed by atoms with Crippen LogP contribution in [-0.2, 0) is 0 Å². The maximum absolute atomic E-state index is 11.1. The van der Waals surface area contributed by atoms with E-state index in [1.54, 1.807) is 38.4 Å². The number of benzene rings is 2. The van der Waals surface area contributed by atoms with Crippen molar-refractivity contribution in [3.8, 4) is 0 Å². The third-order valence-electron chi connectivity index (χ3n) is 3.28. The molecular formula is C18H24N4O2. The summed E-state index contributed by atoms with van der Waals surface area (Å²) in [7, 11) is 6.88. The van der Waals surface area contributed by atoms with Gasteiger partial charge in [-0.3, -0.25) is 9.59 Å². The second kappa shape index (κ2) is 9.89. The van der Waals surface area contributed by atoms with Crippen molar-refractivity contribution in [2.75, 3.05) is 38.8 Å². The summed E-state index contributed by atoms with van der Waals surface area (Å²) in [6, 6.07) is 14.7. The zero-order valence-corrected chi connectivity index (χ0v) is 14.4. The van der Waals surface area contributed by atoms with E-state index in [1.165, 1.54) is 0 Å². The Morgan fingerprint density at radius 2 is 1.04 bits per heavy atom. The normalized spacial score (nSPS) is 9.17. The molecule has 2 amide bonds. The van der Waals surface area contributed by atoms with Gasteiger partial charge >= 0.3 is 0 Å². The Morgan fingerprint density at radius 3 is 1.33 bits per heavy atom. The fourth-order valence-corrected chi connectivity index (χ4v) is 1.92. The molecule has 6 heteroatoms. The van der Waals surface area contributed by atoms with Crippen molar-refractivity contribution in [3.63, 3.8) is 0 Å². The fraction of sp³-hybridized carbons (Fsp3) is 0.222. The molecule has 0 aliphatic rings. The first-order valence-corrected chi connectivity index (χ1v) is 7.55. The van der Waals surface area contributed by atoms with E-state index in [0.29, 0.717) is 11.1 Å². The minimum atomic E-state index is -0.0629. The van der Waals surface area contributed by atoms with Crippen LogP contribution < -0.4 is 21.3 Å². The molecule has 24 heavy (non-hydrogen) atoms. The van der Waals surface area contributed by atoms with E-state index in [9.17, 15) is 9.59 Å². The van der Waals surface area contributed by atoms with Crippen LogP contribution in [-0.4, -0.2) is 40.0 Å². The molecule has 128 valence electrons. The molecule has 0 aliphatic carbocycles. The van der Waals surface area contributed by atoms with Gasteiger partial charge in [0.2, 0.25) is 0 Å². The molecule has 0 heterocycles. The van der Waals surface area contributed by atoms with E-state index in [4.69, 9.17) is 0 Å².